The molecule has 1 fully saturated rings. The van der Waals surface area contributed by atoms with E-state index in [1.54, 1.807) is 18.5 Å². The smallest absolute Gasteiger partial charge is 0.321 e. The molecule has 5 rings (SSSR count). The van der Waals surface area contributed by atoms with Crippen LogP contribution in [-0.4, -0.2) is 70.2 Å². The number of anilines is 3. The van der Waals surface area contributed by atoms with E-state index >= 15 is 0 Å². The molecule has 0 radical (unpaired) electrons. The summed E-state index contributed by atoms with van der Waals surface area (Å²) in [5.41, 5.74) is 3.06. The van der Waals surface area contributed by atoms with Gasteiger partial charge in [0.25, 0.3) is 0 Å². The first kappa shape index (κ1) is 29.1. The molecule has 3 aromatic heterocycles. The number of thiazole rings is 1. The SMILES string of the molecule is CCNC(=O)Nc1nc2cc(-c3cnc(N4CCC(C)(C(=O)OCC)CC4)nc3)cc(CN(C)c3ncccn3)c2s1. The molecule has 4 aromatic rings. The molecule has 1 aliphatic heterocycles. The first-order chi connectivity index (χ1) is 20.3. The van der Waals surface area contributed by atoms with Gasteiger partial charge in [-0.05, 0) is 62.9 Å². The van der Waals surface area contributed by atoms with Crippen LogP contribution in [0.25, 0.3) is 21.3 Å². The van der Waals surface area contributed by atoms with Crippen LogP contribution in [-0.2, 0) is 16.1 Å². The highest BCUT2D eigenvalue weighted by atomic mass is 32.1. The fraction of sp³-hybridized carbons (Fsp3) is 0.414. The number of piperidine rings is 1. The van der Waals surface area contributed by atoms with Crippen molar-refractivity contribution in [1.29, 1.82) is 0 Å². The minimum absolute atomic E-state index is 0.136. The number of nitrogens with zero attached hydrogens (tertiary/aromatic N) is 7. The van der Waals surface area contributed by atoms with Crippen molar-refractivity contribution in [2.24, 2.45) is 5.41 Å². The molecule has 1 aliphatic rings. The van der Waals surface area contributed by atoms with Gasteiger partial charge in [-0.3, -0.25) is 10.1 Å². The molecule has 0 spiro atoms. The lowest BCUT2D eigenvalue weighted by Gasteiger charge is -2.37. The van der Waals surface area contributed by atoms with E-state index in [0.29, 0.717) is 62.7 Å². The van der Waals surface area contributed by atoms with Gasteiger partial charge in [0.05, 0.1) is 22.2 Å². The van der Waals surface area contributed by atoms with Crippen LogP contribution in [0.5, 0.6) is 0 Å². The Morgan fingerprint density at radius 1 is 1.07 bits per heavy atom. The summed E-state index contributed by atoms with van der Waals surface area (Å²) >= 11 is 1.42. The third kappa shape index (κ3) is 6.40. The number of hydrogen-bond acceptors (Lipinski definition) is 11. The van der Waals surface area contributed by atoms with E-state index in [0.717, 1.165) is 26.9 Å². The Kier molecular flexibility index (Phi) is 8.76. The van der Waals surface area contributed by atoms with E-state index in [1.165, 1.54) is 11.3 Å². The van der Waals surface area contributed by atoms with E-state index in [4.69, 9.17) is 9.72 Å². The summed E-state index contributed by atoms with van der Waals surface area (Å²) in [7, 11) is 1.94. The number of amides is 2. The predicted octanol–water partition coefficient (Wildman–Crippen LogP) is 4.49. The number of nitrogens with one attached hydrogen (secondary N) is 2. The fourth-order valence-corrected chi connectivity index (χ4v) is 5.84. The predicted molar refractivity (Wildman–Crippen MR) is 164 cm³/mol. The molecule has 1 aromatic carbocycles. The van der Waals surface area contributed by atoms with Gasteiger partial charge in [0.15, 0.2) is 5.13 Å². The van der Waals surface area contributed by atoms with Crippen molar-refractivity contribution in [1.82, 2.24) is 30.2 Å². The Morgan fingerprint density at radius 2 is 1.79 bits per heavy atom. The highest BCUT2D eigenvalue weighted by Gasteiger charge is 2.38. The lowest BCUT2D eigenvalue weighted by molar-refractivity contribution is -0.155. The number of benzene rings is 1. The largest absolute Gasteiger partial charge is 0.466 e. The van der Waals surface area contributed by atoms with E-state index in [1.807, 2.05) is 51.2 Å². The maximum Gasteiger partial charge on any atom is 0.321 e. The zero-order chi connectivity index (χ0) is 29.7. The van der Waals surface area contributed by atoms with Gasteiger partial charge in [-0.15, -0.1) is 0 Å². The molecule has 12 nitrogen and oxygen atoms in total. The summed E-state index contributed by atoms with van der Waals surface area (Å²) in [6.07, 6.45) is 8.43. The summed E-state index contributed by atoms with van der Waals surface area (Å²) in [5.74, 6) is 1.10. The number of fused-ring (bicyclic) bond motifs is 1. The molecule has 42 heavy (non-hydrogen) atoms. The van der Waals surface area contributed by atoms with E-state index in [2.05, 4.69) is 41.5 Å². The Labute approximate surface area is 248 Å². The minimum atomic E-state index is -0.478. The number of rotatable bonds is 9. The van der Waals surface area contributed by atoms with Crippen molar-refractivity contribution < 1.29 is 14.3 Å². The summed E-state index contributed by atoms with van der Waals surface area (Å²) in [4.78, 5) is 51.4. The lowest BCUT2D eigenvalue weighted by atomic mass is 9.80. The monoisotopic (exact) mass is 589 g/mol. The quantitative estimate of drug-likeness (QED) is 0.269. The Balaban J connectivity index is 1.40. The first-order valence-electron chi connectivity index (χ1n) is 14.0. The molecular formula is C29H35N9O3S. The lowest BCUT2D eigenvalue weighted by Crippen LogP contribution is -2.44. The Bertz CT molecular complexity index is 1540. The number of hydrogen-bond donors (Lipinski definition) is 2. The van der Waals surface area contributed by atoms with Gasteiger partial charge in [-0.25, -0.2) is 29.7 Å². The number of aromatic nitrogens is 5. The molecule has 4 heterocycles. The first-order valence-corrected chi connectivity index (χ1v) is 14.8. The van der Waals surface area contributed by atoms with Crippen molar-refractivity contribution in [3.8, 4) is 11.1 Å². The van der Waals surface area contributed by atoms with Crippen LogP contribution in [0.4, 0.5) is 21.8 Å². The number of ether oxygens (including phenoxy) is 1. The van der Waals surface area contributed by atoms with Gasteiger partial charge in [0.1, 0.15) is 0 Å². The number of carbonyl (C=O) groups is 2. The third-order valence-corrected chi connectivity index (χ3v) is 8.38. The molecule has 220 valence electrons. The second kappa shape index (κ2) is 12.6. The van der Waals surface area contributed by atoms with Gasteiger partial charge in [0, 0.05) is 63.6 Å². The normalized spacial score (nSPS) is 14.4. The standard InChI is InChI=1S/C29H35N9O3S/c1-5-30-27(40)36-28-35-22-15-19(14-20(23(22)42-28)18-37(4)25-31-10-7-11-32-25)21-16-33-26(34-17-21)38-12-8-29(3,9-13-38)24(39)41-6-2/h7,10-11,14-17H,5-6,8-9,12-13,18H2,1-4H3,(H2,30,35,36,40). The summed E-state index contributed by atoms with van der Waals surface area (Å²) < 4.78 is 6.25. The van der Waals surface area contributed by atoms with E-state index < -0.39 is 5.41 Å². The molecule has 0 bridgehead atoms. The Morgan fingerprint density at radius 3 is 2.45 bits per heavy atom. The van der Waals surface area contributed by atoms with Crippen molar-refractivity contribution in [3.63, 3.8) is 0 Å². The number of esters is 1. The second-order valence-corrected chi connectivity index (χ2v) is 11.4. The molecule has 1 saturated heterocycles. The topological polar surface area (TPSA) is 138 Å². The van der Waals surface area contributed by atoms with Crippen molar-refractivity contribution in [3.05, 3.63) is 48.5 Å². The van der Waals surface area contributed by atoms with E-state index in [9.17, 15) is 9.59 Å². The van der Waals surface area contributed by atoms with Crippen LogP contribution in [0.3, 0.4) is 0 Å². The zero-order valence-electron chi connectivity index (χ0n) is 24.3. The molecule has 2 N–H and O–H groups in total. The van der Waals surface area contributed by atoms with Crippen LogP contribution >= 0.6 is 11.3 Å². The van der Waals surface area contributed by atoms with Crippen LogP contribution < -0.4 is 20.4 Å². The maximum atomic E-state index is 12.4. The van der Waals surface area contributed by atoms with Gasteiger partial charge in [-0.1, -0.05) is 11.3 Å². The van der Waals surface area contributed by atoms with Gasteiger partial charge >= 0.3 is 12.0 Å². The Hall–Kier alpha value is -4.39. The third-order valence-electron chi connectivity index (χ3n) is 7.32. The highest BCUT2D eigenvalue weighted by Crippen LogP contribution is 2.36. The molecule has 2 amide bonds. The van der Waals surface area contributed by atoms with E-state index in [-0.39, 0.29) is 12.0 Å². The molecule has 0 atom stereocenters. The second-order valence-electron chi connectivity index (χ2n) is 10.4. The summed E-state index contributed by atoms with van der Waals surface area (Å²) in [5, 5.41) is 6.08. The van der Waals surface area contributed by atoms with Crippen molar-refractivity contribution >= 4 is 50.6 Å². The maximum absolute atomic E-state index is 12.4. The van der Waals surface area contributed by atoms with Crippen molar-refractivity contribution in [2.75, 3.05) is 48.4 Å². The fourth-order valence-electron chi connectivity index (χ4n) is 4.90. The van der Waals surface area contributed by atoms with Gasteiger partial charge < -0.3 is 19.9 Å². The summed E-state index contributed by atoms with van der Waals surface area (Å²) in [6.45, 7) is 8.46. The van der Waals surface area contributed by atoms with Crippen molar-refractivity contribution in [2.45, 2.75) is 40.2 Å². The number of carbonyl (C=O) groups excluding carboxylic acids is 2. The highest BCUT2D eigenvalue weighted by molar-refractivity contribution is 7.22. The minimum Gasteiger partial charge on any atom is -0.466 e. The van der Waals surface area contributed by atoms with Gasteiger partial charge in [0.2, 0.25) is 11.9 Å². The van der Waals surface area contributed by atoms with Gasteiger partial charge in [-0.2, -0.15) is 0 Å². The molecular weight excluding hydrogens is 554 g/mol. The summed E-state index contributed by atoms with van der Waals surface area (Å²) in [6, 6.07) is 5.57. The molecule has 0 aliphatic carbocycles. The van der Waals surface area contributed by atoms with Crippen LogP contribution in [0.1, 0.15) is 39.2 Å². The zero-order valence-corrected chi connectivity index (χ0v) is 25.1. The van der Waals surface area contributed by atoms with Crippen LogP contribution in [0.2, 0.25) is 0 Å². The van der Waals surface area contributed by atoms with Crippen LogP contribution in [0.15, 0.2) is 43.0 Å². The molecule has 0 unspecified atom stereocenters. The average Bonchev–Trinajstić information content (AvgIpc) is 3.41. The number of urea groups is 1. The average molecular weight is 590 g/mol. The molecule has 0 saturated carbocycles. The van der Waals surface area contributed by atoms with Crippen LogP contribution in [0, 0.1) is 5.41 Å². The molecule has 13 heteroatoms.